The molecule has 0 bridgehead atoms. The Balaban J connectivity index is 2.51. The first-order valence-corrected chi connectivity index (χ1v) is 5.80. The molecule has 0 aliphatic heterocycles. The molecule has 1 unspecified atom stereocenters. The van der Waals surface area contributed by atoms with Gasteiger partial charge in [0.1, 0.15) is 0 Å². The summed E-state index contributed by atoms with van der Waals surface area (Å²) in [6.45, 7) is 4.15. The summed E-state index contributed by atoms with van der Waals surface area (Å²) in [7, 11) is 0. The number of anilines is 2. The smallest absolute Gasteiger partial charge is 0.0403 e. The molecule has 2 heteroatoms. The molecule has 2 aromatic carbocycles. The van der Waals surface area contributed by atoms with Gasteiger partial charge >= 0.3 is 0 Å². The predicted octanol–water partition coefficient (Wildman–Crippen LogP) is 3.31. The zero-order valence-corrected chi connectivity index (χ0v) is 10.3. The van der Waals surface area contributed by atoms with E-state index in [1.54, 1.807) is 0 Å². The summed E-state index contributed by atoms with van der Waals surface area (Å²) in [6.07, 6.45) is 0. The fourth-order valence-electron chi connectivity index (χ4n) is 2.15. The van der Waals surface area contributed by atoms with E-state index in [2.05, 4.69) is 19.1 Å². The predicted molar refractivity (Wildman–Crippen MR) is 74.0 cm³/mol. The molecule has 0 saturated carbocycles. The van der Waals surface area contributed by atoms with Gasteiger partial charge in [-0.05, 0) is 24.1 Å². The number of benzene rings is 2. The average molecular weight is 226 g/mol. The summed E-state index contributed by atoms with van der Waals surface area (Å²) in [5, 5.41) is 0. The Kier molecular flexibility index (Phi) is 3.05. The molecule has 0 saturated heterocycles. The minimum absolute atomic E-state index is 0.219. The van der Waals surface area contributed by atoms with Crippen LogP contribution in [0.3, 0.4) is 0 Å². The van der Waals surface area contributed by atoms with E-state index < -0.39 is 0 Å². The van der Waals surface area contributed by atoms with Crippen LogP contribution in [0.4, 0.5) is 11.4 Å². The van der Waals surface area contributed by atoms with Crippen LogP contribution in [0.15, 0.2) is 42.5 Å². The number of aryl methyl sites for hydroxylation is 1. The maximum absolute atomic E-state index is 6.14. The molecule has 0 heterocycles. The normalized spacial score (nSPS) is 12.4. The van der Waals surface area contributed by atoms with Crippen molar-refractivity contribution in [1.82, 2.24) is 0 Å². The van der Waals surface area contributed by atoms with Crippen LogP contribution >= 0.6 is 0 Å². The van der Waals surface area contributed by atoms with E-state index in [1.165, 1.54) is 5.56 Å². The number of nitrogen functional groups attached to an aromatic ring is 2. The minimum Gasteiger partial charge on any atom is -0.398 e. The first-order chi connectivity index (χ1) is 8.11. The van der Waals surface area contributed by atoms with Gasteiger partial charge in [0.15, 0.2) is 0 Å². The van der Waals surface area contributed by atoms with E-state index in [1.807, 2.05) is 37.3 Å². The summed E-state index contributed by atoms with van der Waals surface area (Å²) < 4.78 is 0. The van der Waals surface area contributed by atoms with Crippen LogP contribution in [0.5, 0.6) is 0 Å². The molecule has 2 rings (SSSR count). The second kappa shape index (κ2) is 4.50. The maximum Gasteiger partial charge on any atom is 0.0403 e. The van der Waals surface area contributed by atoms with Gasteiger partial charge in [0.05, 0.1) is 0 Å². The molecule has 4 N–H and O–H groups in total. The topological polar surface area (TPSA) is 52.0 Å². The second-order valence-corrected chi connectivity index (χ2v) is 4.43. The van der Waals surface area contributed by atoms with Crippen LogP contribution < -0.4 is 11.5 Å². The highest BCUT2D eigenvalue weighted by atomic mass is 14.6. The third-order valence-electron chi connectivity index (χ3n) is 3.27. The van der Waals surface area contributed by atoms with Crippen LogP contribution in [0.2, 0.25) is 0 Å². The first kappa shape index (κ1) is 11.5. The van der Waals surface area contributed by atoms with Crippen molar-refractivity contribution in [3.05, 3.63) is 59.2 Å². The Morgan fingerprint density at radius 3 is 2.24 bits per heavy atom. The molecule has 2 nitrogen and oxygen atoms in total. The molecule has 17 heavy (non-hydrogen) atoms. The van der Waals surface area contributed by atoms with E-state index in [4.69, 9.17) is 11.5 Å². The molecule has 0 aliphatic carbocycles. The van der Waals surface area contributed by atoms with Gasteiger partial charge in [-0.2, -0.15) is 0 Å². The summed E-state index contributed by atoms with van der Waals surface area (Å²) in [4.78, 5) is 0. The van der Waals surface area contributed by atoms with Crippen molar-refractivity contribution >= 4 is 11.4 Å². The lowest BCUT2D eigenvalue weighted by Gasteiger charge is -2.18. The zero-order chi connectivity index (χ0) is 12.4. The lowest BCUT2D eigenvalue weighted by molar-refractivity contribution is 0.927. The van der Waals surface area contributed by atoms with E-state index in [-0.39, 0.29) is 5.92 Å². The maximum atomic E-state index is 6.14. The monoisotopic (exact) mass is 226 g/mol. The van der Waals surface area contributed by atoms with E-state index in [0.717, 1.165) is 22.5 Å². The van der Waals surface area contributed by atoms with Gasteiger partial charge in [0.25, 0.3) is 0 Å². The zero-order valence-electron chi connectivity index (χ0n) is 10.3. The second-order valence-electron chi connectivity index (χ2n) is 4.43. The Bertz CT molecular complexity index is 518. The van der Waals surface area contributed by atoms with Crippen LogP contribution in [-0.2, 0) is 0 Å². The minimum atomic E-state index is 0.219. The van der Waals surface area contributed by atoms with Crippen molar-refractivity contribution in [3.8, 4) is 0 Å². The molecular formula is C15H18N2. The largest absolute Gasteiger partial charge is 0.398 e. The molecule has 0 aliphatic rings. The van der Waals surface area contributed by atoms with Crippen LogP contribution in [0.1, 0.15) is 29.5 Å². The van der Waals surface area contributed by atoms with Gasteiger partial charge in [-0.1, -0.05) is 43.3 Å². The summed E-state index contributed by atoms with van der Waals surface area (Å²) in [6, 6.07) is 14.2. The van der Waals surface area contributed by atoms with Gasteiger partial charge in [-0.3, -0.25) is 0 Å². The average Bonchev–Trinajstić information content (AvgIpc) is 2.35. The quantitative estimate of drug-likeness (QED) is 0.772. The highest BCUT2D eigenvalue weighted by Gasteiger charge is 2.15. The molecule has 0 aromatic heterocycles. The Morgan fingerprint density at radius 1 is 0.941 bits per heavy atom. The van der Waals surface area contributed by atoms with E-state index in [0.29, 0.717) is 0 Å². The Labute approximate surface area is 102 Å². The van der Waals surface area contributed by atoms with Gasteiger partial charge in [-0.15, -0.1) is 0 Å². The molecule has 2 aromatic rings. The summed E-state index contributed by atoms with van der Waals surface area (Å²) >= 11 is 0. The SMILES string of the molecule is Cc1ccc(N)c(C(C)c2ccccc2)c1N. The molecule has 0 fully saturated rings. The first-order valence-electron chi connectivity index (χ1n) is 5.80. The molecular weight excluding hydrogens is 208 g/mol. The van der Waals surface area contributed by atoms with E-state index in [9.17, 15) is 0 Å². The van der Waals surface area contributed by atoms with Gasteiger partial charge in [-0.25, -0.2) is 0 Å². The molecule has 0 amide bonds. The molecule has 1 atom stereocenters. The lowest BCUT2D eigenvalue weighted by atomic mass is 9.89. The van der Waals surface area contributed by atoms with Crippen molar-refractivity contribution in [2.75, 3.05) is 11.5 Å². The number of rotatable bonds is 2. The lowest BCUT2D eigenvalue weighted by Crippen LogP contribution is -2.06. The fraction of sp³-hybridized carbons (Fsp3) is 0.200. The van der Waals surface area contributed by atoms with Gasteiger partial charge in [0.2, 0.25) is 0 Å². The van der Waals surface area contributed by atoms with Crippen molar-refractivity contribution in [1.29, 1.82) is 0 Å². The van der Waals surface area contributed by atoms with Gasteiger partial charge in [0, 0.05) is 22.9 Å². The molecule has 0 radical (unpaired) electrons. The summed E-state index contributed by atoms with van der Waals surface area (Å²) in [5.41, 5.74) is 17.1. The number of hydrogen-bond acceptors (Lipinski definition) is 2. The molecule has 88 valence electrons. The summed E-state index contributed by atoms with van der Waals surface area (Å²) in [5.74, 6) is 0.219. The van der Waals surface area contributed by atoms with Crippen LogP contribution in [0, 0.1) is 6.92 Å². The fourth-order valence-corrected chi connectivity index (χ4v) is 2.15. The van der Waals surface area contributed by atoms with Crippen molar-refractivity contribution in [3.63, 3.8) is 0 Å². The number of nitrogens with two attached hydrogens (primary N) is 2. The number of hydrogen-bond donors (Lipinski definition) is 2. The molecule has 0 spiro atoms. The van der Waals surface area contributed by atoms with Crippen LogP contribution in [-0.4, -0.2) is 0 Å². The standard InChI is InChI=1S/C15H18N2/c1-10-8-9-13(16)14(15(10)17)11(2)12-6-4-3-5-7-12/h3-9,11H,16-17H2,1-2H3. The third-order valence-corrected chi connectivity index (χ3v) is 3.27. The van der Waals surface area contributed by atoms with E-state index >= 15 is 0 Å². The highest BCUT2D eigenvalue weighted by molar-refractivity contribution is 5.67. The third kappa shape index (κ3) is 2.11. The van der Waals surface area contributed by atoms with Crippen LogP contribution in [0.25, 0.3) is 0 Å². The van der Waals surface area contributed by atoms with Crippen molar-refractivity contribution in [2.45, 2.75) is 19.8 Å². The van der Waals surface area contributed by atoms with Crippen molar-refractivity contribution < 1.29 is 0 Å². The van der Waals surface area contributed by atoms with Crippen molar-refractivity contribution in [2.24, 2.45) is 0 Å². The Hall–Kier alpha value is -1.96. The highest BCUT2D eigenvalue weighted by Crippen LogP contribution is 2.34. The van der Waals surface area contributed by atoms with Gasteiger partial charge < -0.3 is 11.5 Å². The Morgan fingerprint density at radius 2 is 1.59 bits per heavy atom.